The van der Waals surface area contributed by atoms with Crippen molar-refractivity contribution >= 4 is 75.4 Å². The van der Waals surface area contributed by atoms with Crippen LogP contribution in [-0.4, -0.2) is 114 Å². The first-order valence-corrected chi connectivity index (χ1v) is 21.0. The van der Waals surface area contributed by atoms with Gasteiger partial charge in [-0.25, -0.2) is 19.0 Å². The van der Waals surface area contributed by atoms with E-state index in [0.717, 1.165) is 23.8 Å². The van der Waals surface area contributed by atoms with E-state index >= 15 is 0 Å². The number of piperidine rings is 1. The Morgan fingerprint density at radius 1 is 0.762 bits per heavy atom. The number of nitrogens with one attached hydrogen (secondary N) is 2. The molecular formula is C44H49ClN10O8. The first-order valence-electron chi connectivity index (χ1n) is 20.6. The van der Waals surface area contributed by atoms with E-state index in [0.29, 0.717) is 51.6 Å². The average Bonchev–Trinajstić information content (AvgIpc) is 3.90. The number of tetrazole rings is 1. The second kappa shape index (κ2) is 17.9. The number of nitrogens with zero attached hydrogens (tertiary/aromatic N) is 8. The number of aromatic nitrogens is 5. The summed E-state index contributed by atoms with van der Waals surface area (Å²) in [7, 11) is 0. The van der Waals surface area contributed by atoms with Gasteiger partial charge in [0.15, 0.2) is 0 Å². The number of hydrogen-bond donors (Lipinski definition) is 2. The molecule has 0 aliphatic carbocycles. The number of carbonyl (C=O) groups excluding carboxylic acids is 6. The minimum absolute atomic E-state index is 0.00168. The van der Waals surface area contributed by atoms with Gasteiger partial charge in [0, 0.05) is 54.4 Å². The first kappa shape index (κ1) is 44.2. The number of anilines is 3. The third-order valence-corrected chi connectivity index (χ3v) is 10.5. The number of amides is 5. The van der Waals surface area contributed by atoms with Crippen molar-refractivity contribution in [2.45, 2.75) is 84.5 Å². The van der Waals surface area contributed by atoms with Gasteiger partial charge in [-0.2, -0.15) is 4.68 Å². The largest absolute Gasteiger partial charge is 0.455 e. The Morgan fingerprint density at radius 2 is 1.46 bits per heavy atom. The number of hydrogen-bond acceptors (Lipinski definition) is 11. The third-order valence-electron chi connectivity index (χ3n) is 10.3. The van der Waals surface area contributed by atoms with Crippen LogP contribution in [0.15, 0.2) is 73.1 Å². The maximum Gasteiger partial charge on any atom is 0.419 e. The van der Waals surface area contributed by atoms with Crippen LogP contribution >= 0.6 is 11.6 Å². The van der Waals surface area contributed by atoms with Crippen LogP contribution in [0, 0.1) is 0 Å². The van der Waals surface area contributed by atoms with Gasteiger partial charge in [-0.15, -0.1) is 5.10 Å². The minimum Gasteiger partial charge on any atom is -0.455 e. The van der Waals surface area contributed by atoms with Gasteiger partial charge >= 0.3 is 29.9 Å². The lowest BCUT2D eigenvalue weighted by atomic mass is 10.0. The molecule has 5 amide bonds. The molecule has 4 heterocycles. The molecule has 0 bridgehead atoms. The van der Waals surface area contributed by atoms with Crippen molar-refractivity contribution in [3.05, 3.63) is 89.3 Å². The summed E-state index contributed by atoms with van der Waals surface area (Å²) in [6.07, 6.45) is 3.54. The first-order chi connectivity index (χ1) is 29.8. The maximum atomic E-state index is 14.5. The summed E-state index contributed by atoms with van der Waals surface area (Å²) in [4.78, 5) is 86.8. The number of urea groups is 1. The van der Waals surface area contributed by atoms with E-state index in [1.54, 1.807) is 101 Å². The van der Waals surface area contributed by atoms with Gasteiger partial charge in [0.05, 0.1) is 16.9 Å². The molecule has 2 aliphatic rings. The smallest absolute Gasteiger partial charge is 0.419 e. The van der Waals surface area contributed by atoms with Crippen molar-refractivity contribution in [3.63, 3.8) is 0 Å². The van der Waals surface area contributed by atoms with Crippen LogP contribution in [0.25, 0.3) is 16.6 Å². The molecule has 0 radical (unpaired) electrons. The van der Waals surface area contributed by atoms with Crippen LogP contribution in [0.4, 0.5) is 26.7 Å². The third kappa shape index (κ3) is 10.3. The molecule has 63 heavy (non-hydrogen) atoms. The van der Waals surface area contributed by atoms with Crippen molar-refractivity contribution < 1.29 is 38.2 Å². The normalized spacial score (nSPS) is 15.3. The van der Waals surface area contributed by atoms with Crippen LogP contribution in [0.1, 0.15) is 76.9 Å². The highest BCUT2D eigenvalue weighted by Gasteiger charge is 2.41. The van der Waals surface area contributed by atoms with Crippen LogP contribution in [-0.2, 0) is 30.3 Å². The SMILES string of the molecule is CC(C)(C)OC(=O)c1cc2cc(NC(=O)C(Cc3ccc(NC(=O)N4CCCCC4)cc3)N3CCN(c4cc(Cl)ccc4-n4cnnn4)C(=O)C3=O)ccc2n1C(=O)OC(C)(C)C. The molecule has 2 fully saturated rings. The summed E-state index contributed by atoms with van der Waals surface area (Å²) in [6, 6.07) is 16.5. The molecule has 0 saturated carbocycles. The van der Waals surface area contributed by atoms with Gasteiger partial charge in [-0.05, 0) is 131 Å². The fourth-order valence-corrected chi connectivity index (χ4v) is 7.62. The van der Waals surface area contributed by atoms with E-state index in [1.165, 1.54) is 32.9 Å². The number of piperazine rings is 1. The lowest BCUT2D eigenvalue weighted by Gasteiger charge is -2.38. The maximum absolute atomic E-state index is 14.5. The Morgan fingerprint density at radius 3 is 2.13 bits per heavy atom. The molecule has 2 saturated heterocycles. The average molecular weight is 881 g/mol. The summed E-state index contributed by atoms with van der Waals surface area (Å²) in [5, 5.41) is 17.9. The van der Waals surface area contributed by atoms with Crippen LogP contribution in [0.3, 0.4) is 0 Å². The van der Waals surface area contributed by atoms with Gasteiger partial charge in [0.1, 0.15) is 29.3 Å². The molecule has 18 nitrogen and oxygen atoms in total. The van der Waals surface area contributed by atoms with E-state index < -0.39 is 47.0 Å². The molecule has 1 atom stereocenters. The van der Waals surface area contributed by atoms with Crippen LogP contribution in [0.5, 0.6) is 0 Å². The molecule has 7 rings (SSSR count). The second-order valence-electron chi connectivity index (χ2n) is 17.3. The summed E-state index contributed by atoms with van der Waals surface area (Å²) in [6.45, 7) is 11.6. The molecule has 3 aromatic carbocycles. The predicted molar refractivity (Wildman–Crippen MR) is 234 cm³/mol. The molecule has 2 N–H and O–H groups in total. The highest BCUT2D eigenvalue weighted by molar-refractivity contribution is 6.41. The number of fused-ring (bicyclic) bond motifs is 1. The topological polar surface area (TPSA) is 203 Å². The van der Waals surface area contributed by atoms with Crippen molar-refractivity contribution in [2.24, 2.45) is 0 Å². The highest BCUT2D eigenvalue weighted by atomic mass is 35.5. The molecule has 2 aliphatic heterocycles. The van der Waals surface area contributed by atoms with E-state index in [1.807, 2.05) is 0 Å². The fraction of sp³-hybridized carbons (Fsp3) is 0.386. The molecule has 19 heteroatoms. The summed E-state index contributed by atoms with van der Waals surface area (Å²) < 4.78 is 13.7. The number of benzene rings is 3. The summed E-state index contributed by atoms with van der Waals surface area (Å²) >= 11 is 6.36. The zero-order chi connectivity index (χ0) is 45.2. The summed E-state index contributed by atoms with van der Waals surface area (Å²) in [5.74, 6) is -3.19. The zero-order valence-electron chi connectivity index (χ0n) is 35.9. The van der Waals surface area contributed by atoms with Gasteiger partial charge in [0.25, 0.3) is 0 Å². The number of esters is 1. The quantitative estimate of drug-likeness (QED) is 0.122. The number of carbonyl (C=O) groups is 6. The zero-order valence-corrected chi connectivity index (χ0v) is 36.6. The molecular weight excluding hydrogens is 832 g/mol. The van der Waals surface area contributed by atoms with E-state index in [-0.39, 0.29) is 36.9 Å². The van der Waals surface area contributed by atoms with Crippen LogP contribution < -0.4 is 15.5 Å². The number of halogens is 1. The van der Waals surface area contributed by atoms with Gasteiger partial charge in [0.2, 0.25) is 5.91 Å². The van der Waals surface area contributed by atoms with Crippen molar-refractivity contribution in [1.82, 2.24) is 34.6 Å². The van der Waals surface area contributed by atoms with E-state index in [4.69, 9.17) is 21.1 Å². The fourth-order valence-electron chi connectivity index (χ4n) is 7.45. The lowest BCUT2D eigenvalue weighted by molar-refractivity contribution is -0.149. The lowest BCUT2D eigenvalue weighted by Crippen LogP contribution is -2.60. The molecule has 330 valence electrons. The molecule has 1 unspecified atom stereocenters. The van der Waals surface area contributed by atoms with Crippen molar-refractivity contribution in [2.75, 3.05) is 41.7 Å². The van der Waals surface area contributed by atoms with Crippen molar-refractivity contribution in [3.8, 4) is 5.69 Å². The highest BCUT2D eigenvalue weighted by Crippen LogP contribution is 2.31. The Bertz CT molecular complexity index is 2560. The standard InChI is InChI=1S/C44H49ClN10O8/c1-43(2,3)62-40(59)36-24-28-23-31(15-17-32(28)55(36)42(61)63-44(4,5)6)47-37(56)35(22-27-10-13-30(14-11-27)48-41(60)51-18-8-7-9-19-51)53-21-20-52(38(57)39(53)58)34-25-29(45)12-16-33(34)54-26-46-49-50-54/h10-17,23-26,35H,7-9,18-22H2,1-6H3,(H,47,56)(H,48,60). The van der Waals surface area contributed by atoms with Crippen molar-refractivity contribution in [1.29, 1.82) is 0 Å². The number of rotatable bonds is 9. The Balaban J connectivity index is 1.18. The van der Waals surface area contributed by atoms with Crippen LogP contribution in [0.2, 0.25) is 5.02 Å². The molecule has 5 aromatic rings. The van der Waals surface area contributed by atoms with Gasteiger partial charge in [-0.3, -0.25) is 14.4 Å². The molecule has 0 spiro atoms. The Labute approximate surface area is 368 Å². The monoisotopic (exact) mass is 880 g/mol. The Kier molecular flexibility index (Phi) is 12.6. The number of likely N-dealkylation sites (tertiary alicyclic amines) is 1. The molecule has 2 aromatic heterocycles. The number of ether oxygens (including phenoxy) is 2. The van der Waals surface area contributed by atoms with E-state index in [9.17, 15) is 28.8 Å². The summed E-state index contributed by atoms with van der Waals surface area (Å²) in [5.41, 5.74) is 0.717. The Hall–Kier alpha value is -6.82. The second-order valence-corrected chi connectivity index (χ2v) is 17.8. The minimum atomic E-state index is -1.20. The predicted octanol–water partition coefficient (Wildman–Crippen LogP) is 6.45. The van der Waals surface area contributed by atoms with Gasteiger partial charge < -0.3 is 34.8 Å². The van der Waals surface area contributed by atoms with Gasteiger partial charge in [-0.1, -0.05) is 23.7 Å². The van der Waals surface area contributed by atoms with E-state index in [2.05, 4.69) is 26.2 Å².